The fourth-order valence-corrected chi connectivity index (χ4v) is 2.30. The first-order valence-electron chi connectivity index (χ1n) is 5.79. The summed E-state index contributed by atoms with van der Waals surface area (Å²) in [7, 11) is 0. The lowest BCUT2D eigenvalue weighted by atomic mass is 10.1. The van der Waals surface area contributed by atoms with Crippen LogP contribution in [-0.4, -0.2) is 35.7 Å². The Morgan fingerprint density at radius 2 is 1.80 bits per heavy atom. The summed E-state index contributed by atoms with van der Waals surface area (Å²) >= 11 is 0. The molecule has 82 valence electrons. The molecule has 0 bridgehead atoms. The molecule has 1 N–H and O–H groups in total. The van der Waals surface area contributed by atoms with Gasteiger partial charge in [-0.1, -0.05) is 30.3 Å². The van der Waals surface area contributed by atoms with E-state index in [4.69, 9.17) is 0 Å². The summed E-state index contributed by atoms with van der Waals surface area (Å²) in [5.74, 6) is 0. The van der Waals surface area contributed by atoms with Crippen LogP contribution in [0, 0.1) is 0 Å². The molecule has 0 radical (unpaired) electrons. The minimum absolute atomic E-state index is 0.273. The molecule has 2 rings (SSSR count). The van der Waals surface area contributed by atoms with Gasteiger partial charge in [-0.05, 0) is 37.9 Å². The van der Waals surface area contributed by atoms with Crippen molar-refractivity contribution in [2.75, 3.05) is 19.7 Å². The second-order valence-electron chi connectivity index (χ2n) is 4.27. The van der Waals surface area contributed by atoms with E-state index in [1.165, 1.54) is 18.4 Å². The van der Waals surface area contributed by atoms with E-state index in [2.05, 4.69) is 29.2 Å². The van der Waals surface area contributed by atoms with Crippen LogP contribution in [0.5, 0.6) is 0 Å². The van der Waals surface area contributed by atoms with Crippen LogP contribution in [-0.2, 0) is 6.42 Å². The number of likely N-dealkylation sites (tertiary alicyclic amines) is 1. The Kier molecular flexibility index (Phi) is 3.75. The third-order valence-electron chi connectivity index (χ3n) is 3.18. The summed E-state index contributed by atoms with van der Waals surface area (Å²) in [6.07, 6.45) is 3.54. The van der Waals surface area contributed by atoms with Crippen LogP contribution in [0.4, 0.5) is 0 Å². The number of benzene rings is 1. The molecule has 1 aromatic rings. The van der Waals surface area contributed by atoms with Crippen molar-refractivity contribution in [2.45, 2.75) is 25.3 Å². The highest BCUT2D eigenvalue weighted by molar-refractivity contribution is 5.16. The zero-order chi connectivity index (χ0) is 10.5. The smallest absolute Gasteiger partial charge is 0.0590 e. The zero-order valence-corrected chi connectivity index (χ0v) is 9.10. The van der Waals surface area contributed by atoms with E-state index in [-0.39, 0.29) is 6.61 Å². The number of aliphatic hydroxyl groups is 1. The largest absolute Gasteiger partial charge is 0.395 e. The van der Waals surface area contributed by atoms with Crippen LogP contribution >= 0.6 is 0 Å². The molecule has 1 saturated heterocycles. The van der Waals surface area contributed by atoms with Crippen molar-refractivity contribution in [1.82, 2.24) is 4.90 Å². The normalized spacial score (nSPS) is 19.3. The van der Waals surface area contributed by atoms with E-state index < -0.39 is 0 Å². The molecular weight excluding hydrogens is 186 g/mol. The minimum atomic E-state index is 0.273. The Balaban J connectivity index is 1.96. The van der Waals surface area contributed by atoms with E-state index >= 15 is 0 Å². The number of hydrogen-bond donors (Lipinski definition) is 1. The Bertz CT molecular complexity index is 280. The van der Waals surface area contributed by atoms with Gasteiger partial charge >= 0.3 is 0 Å². The highest BCUT2D eigenvalue weighted by Gasteiger charge is 2.20. The first-order chi connectivity index (χ1) is 7.40. The molecule has 1 aromatic carbocycles. The molecule has 0 unspecified atom stereocenters. The number of hydrogen-bond acceptors (Lipinski definition) is 2. The fraction of sp³-hybridized carbons (Fsp3) is 0.538. The van der Waals surface area contributed by atoms with Crippen LogP contribution in [0.3, 0.4) is 0 Å². The predicted molar refractivity (Wildman–Crippen MR) is 61.8 cm³/mol. The van der Waals surface area contributed by atoms with Gasteiger partial charge in [-0.2, -0.15) is 0 Å². The quantitative estimate of drug-likeness (QED) is 0.808. The predicted octanol–water partition coefficient (Wildman–Crippen LogP) is 1.69. The van der Waals surface area contributed by atoms with Gasteiger partial charge in [0.15, 0.2) is 0 Å². The molecule has 1 atom stereocenters. The lowest BCUT2D eigenvalue weighted by molar-refractivity contribution is 0.145. The van der Waals surface area contributed by atoms with Crippen molar-refractivity contribution in [3.8, 4) is 0 Å². The fourth-order valence-electron chi connectivity index (χ4n) is 2.30. The number of rotatable bonds is 4. The third kappa shape index (κ3) is 2.80. The molecule has 1 aliphatic rings. The number of nitrogens with zero attached hydrogens (tertiary/aromatic N) is 1. The molecule has 0 aliphatic carbocycles. The Labute approximate surface area is 91.5 Å². The van der Waals surface area contributed by atoms with Gasteiger partial charge in [-0.15, -0.1) is 0 Å². The van der Waals surface area contributed by atoms with Gasteiger partial charge in [0.1, 0.15) is 0 Å². The summed E-state index contributed by atoms with van der Waals surface area (Å²) in [5, 5.41) is 9.41. The summed E-state index contributed by atoms with van der Waals surface area (Å²) in [5.41, 5.74) is 1.32. The van der Waals surface area contributed by atoms with Gasteiger partial charge in [0.2, 0.25) is 0 Å². The second-order valence-corrected chi connectivity index (χ2v) is 4.27. The first kappa shape index (κ1) is 10.7. The Morgan fingerprint density at radius 3 is 2.40 bits per heavy atom. The van der Waals surface area contributed by atoms with E-state index in [9.17, 15) is 5.11 Å². The SMILES string of the molecule is OC[C@H](Cc1ccccc1)N1CCCC1. The molecule has 0 spiro atoms. The van der Waals surface area contributed by atoms with Crippen molar-refractivity contribution >= 4 is 0 Å². The highest BCUT2D eigenvalue weighted by atomic mass is 16.3. The Morgan fingerprint density at radius 1 is 1.13 bits per heavy atom. The van der Waals surface area contributed by atoms with E-state index in [1.807, 2.05) is 6.07 Å². The highest BCUT2D eigenvalue weighted by Crippen LogP contribution is 2.15. The maximum Gasteiger partial charge on any atom is 0.0590 e. The van der Waals surface area contributed by atoms with Crippen LogP contribution in [0.1, 0.15) is 18.4 Å². The maximum atomic E-state index is 9.41. The van der Waals surface area contributed by atoms with Crippen molar-refractivity contribution in [1.29, 1.82) is 0 Å². The third-order valence-corrected chi connectivity index (χ3v) is 3.18. The second kappa shape index (κ2) is 5.29. The summed E-state index contributed by atoms with van der Waals surface area (Å²) in [4.78, 5) is 2.41. The molecule has 1 fully saturated rings. The van der Waals surface area contributed by atoms with Crippen molar-refractivity contribution in [3.05, 3.63) is 35.9 Å². The zero-order valence-electron chi connectivity index (χ0n) is 9.10. The van der Waals surface area contributed by atoms with Crippen LogP contribution in [0.2, 0.25) is 0 Å². The monoisotopic (exact) mass is 205 g/mol. The Hall–Kier alpha value is -0.860. The van der Waals surface area contributed by atoms with Gasteiger partial charge < -0.3 is 5.11 Å². The standard InChI is InChI=1S/C13H19NO/c15-11-13(14-8-4-5-9-14)10-12-6-2-1-3-7-12/h1-3,6-7,13,15H,4-5,8-11H2/t13-/m0/s1. The summed E-state index contributed by atoms with van der Waals surface area (Å²) < 4.78 is 0. The maximum absolute atomic E-state index is 9.41. The topological polar surface area (TPSA) is 23.5 Å². The molecule has 2 nitrogen and oxygen atoms in total. The molecule has 1 aliphatic heterocycles. The van der Waals surface area contributed by atoms with E-state index in [0.717, 1.165) is 19.5 Å². The molecule has 0 saturated carbocycles. The van der Waals surface area contributed by atoms with Gasteiger partial charge in [0, 0.05) is 6.04 Å². The average Bonchev–Trinajstić information content (AvgIpc) is 2.81. The van der Waals surface area contributed by atoms with Crippen molar-refractivity contribution in [2.24, 2.45) is 0 Å². The molecule has 2 heteroatoms. The molecule has 0 amide bonds. The van der Waals surface area contributed by atoms with Gasteiger partial charge in [-0.25, -0.2) is 0 Å². The van der Waals surface area contributed by atoms with Crippen molar-refractivity contribution in [3.63, 3.8) is 0 Å². The minimum Gasteiger partial charge on any atom is -0.395 e. The molecule has 1 heterocycles. The van der Waals surface area contributed by atoms with E-state index in [0.29, 0.717) is 6.04 Å². The van der Waals surface area contributed by atoms with Crippen LogP contribution < -0.4 is 0 Å². The summed E-state index contributed by atoms with van der Waals surface area (Å²) in [6.45, 7) is 2.57. The molecule has 0 aromatic heterocycles. The van der Waals surface area contributed by atoms with Gasteiger partial charge in [0.25, 0.3) is 0 Å². The molecular formula is C13H19NO. The van der Waals surface area contributed by atoms with Gasteiger partial charge in [-0.3, -0.25) is 4.90 Å². The van der Waals surface area contributed by atoms with E-state index in [1.54, 1.807) is 0 Å². The number of aliphatic hydroxyl groups excluding tert-OH is 1. The van der Waals surface area contributed by atoms with Gasteiger partial charge in [0.05, 0.1) is 6.61 Å². The lowest BCUT2D eigenvalue weighted by Crippen LogP contribution is -2.37. The summed E-state index contributed by atoms with van der Waals surface area (Å²) in [6, 6.07) is 10.8. The average molecular weight is 205 g/mol. The lowest BCUT2D eigenvalue weighted by Gasteiger charge is -2.25. The van der Waals surface area contributed by atoms with Crippen LogP contribution in [0.15, 0.2) is 30.3 Å². The van der Waals surface area contributed by atoms with Crippen molar-refractivity contribution < 1.29 is 5.11 Å². The first-order valence-corrected chi connectivity index (χ1v) is 5.79. The molecule has 15 heavy (non-hydrogen) atoms. The van der Waals surface area contributed by atoms with Crippen LogP contribution in [0.25, 0.3) is 0 Å².